The number of rotatable bonds is 4. The van der Waals surface area contributed by atoms with E-state index in [9.17, 15) is 9.50 Å². The van der Waals surface area contributed by atoms with Crippen LogP contribution in [0.5, 0.6) is 5.75 Å². The molecule has 1 aliphatic heterocycles. The molecule has 1 fully saturated rings. The molecule has 1 aromatic rings. The van der Waals surface area contributed by atoms with E-state index in [0.717, 1.165) is 25.9 Å². The number of para-hydroxylation sites is 1. The smallest absolute Gasteiger partial charge is 0.165 e. The van der Waals surface area contributed by atoms with E-state index >= 15 is 0 Å². The highest BCUT2D eigenvalue weighted by Crippen LogP contribution is 2.19. The Balaban J connectivity index is 1.83. The van der Waals surface area contributed by atoms with Gasteiger partial charge in [0.05, 0.1) is 6.10 Å². The fourth-order valence-electron chi connectivity index (χ4n) is 2.10. The summed E-state index contributed by atoms with van der Waals surface area (Å²) in [5, 5.41) is 13.2. The van der Waals surface area contributed by atoms with Gasteiger partial charge in [0, 0.05) is 0 Å². The second-order valence-corrected chi connectivity index (χ2v) is 4.40. The summed E-state index contributed by atoms with van der Waals surface area (Å²) in [6.45, 7) is 2.02. The summed E-state index contributed by atoms with van der Waals surface area (Å²) in [4.78, 5) is 0. The molecule has 1 atom stereocenters. The predicted octanol–water partition coefficient (Wildman–Crippen LogP) is 1.56. The zero-order chi connectivity index (χ0) is 12.1. The van der Waals surface area contributed by atoms with Gasteiger partial charge in [-0.3, -0.25) is 0 Å². The van der Waals surface area contributed by atoms with E-state index in [2.05, 4.69) is 5.32 Å². The SMILES string of the molecule is OC(COc1ccccc1F)C1CCNCC1. The Labute approximate surface area is 101 Å². The van der Waals surface area contributed by atoms with E-state index in [1.165, 1.54) is 6.07 Å². The average molecular weight is 239 g/mol. The van der Waals surface area contributed by atoms with E-state index in [0.29, 0.717) is 0 Å². The number of ether oxygens (including phenoxy) is 1. The van der Waals surface area contributed by atoms with Crippen LogP contribution in [0, 0.1) is 11.7 Å². The molecule has 1 saturated heterocycles. The molecule has 1 aliphatic rings. The summed E-state index contributed by atoms with van der Waals surface area (Å²) in [6, 6.07) is 6.26. The third-order valence-corrected chi connectivity index (χ3v) is 3.17. The Hall–Kier alpha value is -1.13. The van der Waals surface area contributed by atoms with Crippen LogP contribution in [0.3, 0.4) is 0 Å². The van der Waals surface area contributed by atoms with Gasteiger partial charge >= 0.3 is 0 Å². The summed E-state index contributed by atoms with van der Waals surface area (Å²) in [5.41, 5.74) is 0. The van der Waals surface area contributed by atoms with Crippen LogP contribution in [-0.2, 0) is 0 Å². The first-order valence-corrected chi connectivity index (χ1v) is 6.03. The number of aliphatic hydroxyl groups is 1. The molecule has 3 nitrogen and oxygen atoms in total. The van der Waals surface area contributed by atoms with Crippen molar-refractivity contribution in [3.63, 3.8) is 0 Å². The van der Waals surface area contributed by atoms with Crippen LogP contribution in [0.2, 0.25) is 0 Å². The van der Waals surface area contributed by atoms with Crippen LogP contribution in [0.25, 0.3) is 0 Å². The van der Waals surface area contributed by atoms with Crippen LogP contribution >= 0.6 is 0 Å². The first-order valence-electron chi connectivity index (χ1n) is 6.03. The number of halogens is 1. The number of nitrogens with one attached hydrogen (secondary N) is 1. The molecule has 0 radical (unpaired) electrons. The minimum atomic E-state index is -0.517. The van der Waals surface area contributed by atoms with E-state index in [1.54, 1.807) is 18.2 Å². The number of hydrogen-bond acceptors (Lipinski definition) is 3. The number of hydrogen-bond donors (Lipinski definition) is 2. The zero-order valence-corrected chi connectivity index (χ0v) is 9.73. The minimum Gasteiger partial charge on any atom is -0.488 e. The van der Waals surface area contributed by atoms with Crippen molar-refractivity contribution in [2.75, 3.05) is 19.7 Å². The van der Waals surface area contributed by atoms with Crippen molar-refractivity contribution in [3.8, 4) is 5.75 Å². The van der Waals surface area contributed by atoms with Gasteiger partial charge in [-0.2, -0.15) is 0 Å². The second-order valence-electron chi connectivity index (χ2n) is 4.40. The monoisotopic (exact) mass is 239 g/mol. The average Bonchev–Trinajstić information content (AvgIpc) is 2.38. The summed E-state index contributed by atoms with van der Waals surface area (Å²) < 4.78 is 18.6. The maximum atomic E-state index is 13.3. The van der Waals surface area contributed by atoms with E-state index in [-0.39, 0.29) is 24.1 Å². The second kappa shape index (κ2) is 5.98. The molecule has 1 aromatic carbocycles. The van der Waals surface area contributed by atoms with Crippen LogP contribution in [-0.4, -0.2) is 30.9 Å². The van der Waals surface area contributed by atoms with Crippen LogP contribution in [0.1, 0.15) is 12.8 Å². The standard InChI is InChI=1S/C13H18FNO2/c14-11-3-1-2-4-13(11)17-9-12(16)10-5-7-15-8-6-10/h1-4,10,12,15-16H,5-9H2. The molecule has 2 N–H and O–H groups in total. The Morgan fingerprint density at radius 2 is 2.06 bits per heavy atom. The highest BCUT2D eigenvalue weighted by Gasteiger charge is 2.22. The van der Waals surface area contributed by atoms with Gasteiger partial charge < -0.3 is 15.2 Å². The maximum Gasteiger partial charge on any atom is 0.165 e. The van der Waals surface area contributed by atoms with Crippen molar-refractivity contribution in [3.05, 3.63) is 30.1 Å². The van der Waals surface area contributed by atoms with Gasteiger partial charge in [-0.1, -0.05) is 12.1 Å². The fourth-order valence-corrected chi connectivity index (χ4v) is 2.10. The van der Waals surface area contributed by atoms with Gasteiger partial charge in [-0.05, 0) is 44.0 Å². The van der Waals surface area contributed by atoms with Crippen molar-refractivity contribution >= 4 is 0 Å². The summed E-state index contributed by atoms with van der Waals surface area (Å²) in [6.07, 6.45) is 1.38. The maximum absolute atomic E-state index is 13.3. The molecule has 0 spiro atoms. The van der Waals surface area contributed by atoms with Gasteiger partial charge in [0.1, 0.15) is 6.61 Å². The molecule has 1 unspecified atom stereocenters. The molecule has 4 heteroatoms. The molecule has 94 valence electrons. The first kappa shape index (κ1) is 12.3. The Kier molecular flexibility index (Phi) is 4.34. The van der Waals surface area contributed by atoms with Gasteiger partial charge in [-0.15, -0.1) is 0 Å². The Morgan fingerprint density at radius 3 is 2.76 bits per heavy atom. The van der Waals surface area contributed by atoms with E-state index < -0.39 is 6.10 Å². The molecule has 0 aromatic heterocycles. The van der Waals surface area contributed by atoms with Gasteiger partial charge in [0.2, 0.25) is 0 Å². The molecule has 17 heavy (non-hydrogen) atoms. The van der Waals surface area contributed by atoms with Gasteiger partial charge in [-0.25, -0.2) is 4.39 Å². The normalized spacial score (nSPS) is 18.9. The lowest BCUT2D eigenvalue weighted by molar-refractivity contribution is 0.0429. The zero-order valence-electron chi connectivity index (χ0n) is 9.73. The molecule has 0 aliphatic carbocycles. The van der Waals surface area contributed by atoms with Crippen molar-refractivity contribution in [2.45, 2.75) is 18.9 Å². The van der Waals surface area contributed by atoms with E-state index in [4.69, 9.17) is 4.74 Å². The topological polar surface area (TPSA) is 41.5 Å². The lowest BCUT2D eigenvalue weighted by Gasteiger charge is -2.27. The van der Waals surface area contributed by atoms with Crippen LogP contribution in [0.4, 0.5) is 4.39 Å². The molecule has 0 saturated carbocycles. The largest absolute Gasteiger partial charge is 0.488 e. The third kappa shape index (κ3) is 3.41. The number of benzene rings is 1. The van der Waals surface area contributed by atoms with Crippen molar-refractivity contribution < 1.29 is 14.2 Å². The quantitative estimate of drug-likeness (QED) is 0.838. The van der Waals surface area contributed by atoms with Crippen molar-refractivity contribution in [1.82, 2.24) is 5.32 Å². The molecule has 0 amide bonds. The van der Waals surface area contributed by atoms with Gasteiger partial charge in [0.25, 0.3) is 0 Å². The molecule has 2 rings (SSSR count). The lowest BCUT2D eigenvalue weighted by atomic mass is 9.93. The van der Waals surface area contributed by atoms with Crippen molar-refractivity contribution in [2.24, 2.45) is 5.92 Å². The number of aliphatic hydroxyl groups excluding tert-OH is 1. The summed E-state index contributed by atoms with van der Waals surface area (Å²) in [7, 11) is 0. The third-order valence-electron chi connectivity index (χ3n) is 3.17. The summed E-state index contributed by atoms with van der Waals surface area (Å²) in [5.74, 6) is 0.0773. The highest BCUT2D eigenvalue weighted by atomic mass is 19.1. The molecular weight excluding hydrogens is 221 g/mol. The fraction of sp³-hybridized carbons (Fsp3) is 0.538. The highest BCUT2D eigenvalue weighted by molar-refractivity contribution is 5.23. The van der Waals surface area contributed by atoms with Crippen LogP contribution < -0.4 is 10.1 Å². The van der Waals surface area contributed by atoms with Crippen molar-refractivity contribution in [1.29, 1.82) is 0 Å². The Morgan fingerprint density at radius 1 is 1.35 bits per heavy atom. The van der Waals surface area contributed by atoms with E-state index in [1.807, 2.05) is 0 Å². The first-order chi connectivity index (χ1) is 8.27. The predicted molar refractivity (Wildman–Crippen MR) is 63.5 cm³/mol. The van der Waals surface area contributed by atoms with Crippen LogP contribution in [0.15, 0.2) is 24.3 Å². The molecule has 1 heterocycles. The Bertz CT molecular complexity index is 353. The lowest BCUT2D eigenvalue weighted by Crippen LogP contribution is -2.36. The molecular formula is C13H18FNO2. The summed E-state index contributed by atoms with van der Waals surface area (Å²) >= 11 is 0. The minimum absolute atomic E-state index is 0.158. The van der Waals surface area contributed by atoms with Gasteiger partial charge in [0.15, 0.2) is 11.6 Å². The number of piperidine rings is 1. The molecule has 0 bridgehead atoms.